The number of likely N-dealkylation sites (tertiary alicyclic amines) is 1. The second-order valence-electron chi connectivity index (χ2n) is 6.60. The number of rotatable bonds is 6. The van der Waals surface area contributed by atoms with E-state index in [1.54, 1.807) is 17.0 Å². The Balaban J connectivity index is 1.81. The first-order valence-electron chi connectivity index (χ1n) is 8.86. The van der Waals surface area contributed by atoms with Gasteiger partial charge in [0.25, 0.3) is 5.69 Å². The van der Waals surface area contributed by atoms with Crippen LogP contribution in [0.5, 0.6) is 0 Å². The molecule has 0 bridgehead atoms. The monoisotopic (exact) mass is 395 g/mol. The number of carbonyl (C=O) groups is 2. The molecular weight excluding hydrogens is 370 g/mol. The zero-order chi connectivity index (χ0) is 20.0. The molecule has 0 aliphatic carbocycles. The third-order valence-electron chi connectivity index (χ3n) is 4.78. The van der Waals surface area contributed by atoms with Gasteiger partial charge in [-0.2, -0.15) is 0 Å². The molecule has 0 spiro atoms. The van der Waals surface area contributed by atoms with E-state index in [0.29, 0.717) is 19.0 Å². The summed E-state index contributed by atoms with van der Waals surface area (Å²) in [5.41, 5.74) is 0.0309. The van der Waals surface area contributed by atoms with Gasteiger partial charge in [-0.05, 0) is 44.7 Å². The summed E-state index contributed by atoms with van der Waals surface area (Å²) in [5, 5.41) is 13.4. The molecule has 2 atom stereocenters. The van der Waals surface area contributed by atoms with Crippen LogP contribution in [0.3, 0.4) is 0 Å². The van der Waals surface area contributed by atoms with Gasteiger partial charge < -0.3 is 15.0 Å². The first-order valence-corrected chi connectivity index (χ1v) is 9.74. The lowest BCUT2D eigenvalue weighted by Crippen LogP contribution is -2.47. The maximum Gasteiger partial charge on any atom is 0.409 e. The number of hydrogen-bond donors (Lipinski definition) is 1. The van der Waals surface area contributed by atoms with Gasteiger partial charge in [0.2, 0.25) is 5.91 Å². The first-order chi connectivity index (χ1) is 12.8. The Morgan fingerprint density at radius 2 is 1.85 bits per heavy atom. The summed E-state index contributed by atoms with van der Waals surface area (Å²) in [7, 11) is 1.38. The number of nitro groups is 1. The van der Waals surface area contributed by atoms with Crippen molar-refractivity contribution in [2.75, 3.05) is 20.2 Å². The Morgan fingerprint density at radius 1 is 1.26 bits per heavy atom. The second kappa shape index (κ2) is 9.59. The van der Waals surface area contributed by atoms with Crippen LogP contribution < -0.4 is 5.32 Å². The summed E-state index contributed by atoms with van der Waals surface area (Å²) >= 11 is 1.36. The number of nitrogens with one attached hydrogen (secondary N) is 1. The summed E-state index contributed by atoms with van der Waals surface area (Å²) in [6.07, 6.45) is 1.33. The lowest BCUT2D eigenvalue weighted by Gasteiger charge is -2.34. The van der Waals surface area contributed by atoms with Gasteiger partial charge in [0.1, 0.15) is 0 Å². The number of nitrogens with zero attached hydrogens (tertiary/aromatic N) is 2. The Kier molecular flexibility index (Phi) is 7.46. The molecule has 1 saturated heterocycles. The highest BCUT2D eigenvalue weighted by atomic mass is 32.2. The molecule has 0 aromatic heterocycles. The Morgan fingerprint density at radius 3 is 2.37 bits per heavy atom. The molecule has 8 nitrogen and oxygen atoms in total. The average Bonchev–Trinajstić information content (AvgIpc) is 2.67. The molecule has 1 aliphatic heterocycles. The fourth-order valence-corrected chi connectivity index (χ4v) is 3.95. The van der Waals surface area contributed by atoms with Crippen LogP contribution in [0.1, 0.15) is 26.7 Å². The first kappa shape index (κ1) is 21.0. The molecule has 1 aromatic carbocycles. The fourth-order valence-electron chi connectivity index (χ4n) is 3.07. The summed E-state index contributed by atoms with van der Waals surface area (Å²) in [5.74, 6) is 0.243. The Labute approximate surface area is 162 Å². The number of methoxy groups -OCH3 is 1. The SMILES string of the molecule is COC(=O)N1CCC([C@@H](C)NC(=O)[C@H](C)Sc2ccc([N+](=O)[O-])cc2)CC1. The number of hydrogen-bond acceptors (Lipinski definition) is 6. The molecular formula is C18H25N3O5S. The Hall–Kier alpha value is -2.29. The molecule has 1 aromatic rings. The van der Waals surface area contributed by atoms with Gasteiger partial charge in [0, 0.05) is 36.2 Å². The topological polar surface area (TPSA) is 102 Å². The van der Waals surface area contributed by atoms with E-state index in [-0.39, 0.29) is 29.0 Å². The van der Waals surface area contributed by atoms with E-state index in [9.17, 15) is 19.7 Å². The zero-order valence-electron chi connectivity index (χ0n) is 15.7. The molecule has 1 aliphatic rings. The summed E-state index contributed by atoms with van der Waals surface area (Å²) in [6.45, 7) is 5.06. The van der Waals surface area contributed by atoms with Gasteiger partial charge in [-0.15, -0.1) is 11.8 Å². The van der Waals surface area contributed by atoms with E-state index in [0.717, 1.165) is 17.7 Å². The molecule has 1 fully saturated rings. The molecule has 1 heterocycles. The number of thioether (sulfide) groups is 1. The van der Waals surface area contributed by atoms with Gasteiger partial charge in [-0.25, -0.2) is 4.79 Å². The van der Waals surface area contributed by atoms with Crippen LogP contribution in [0, 0.1) is 16.0 Å². The van der Waals surface area contributed by atoms with E-state index < -0.39 is 4.92 Å². The van der Waals surface area contributed by atoms with Crippen molar-refractivity contribution in [1.29, 1.82) is 0 Å². The van der Waals surface area contributed by atoms with Gasteiger partial charge in [-0.3, -0.25) is 14.9 Å². The van der Waals surface area contributed by atoms with Crippen molar-refractivity contribution in [3.63, 3.8) is 0 Å². The van der Waals surface area contributed by atoms with Crippen LogP contribution in [0.25, 0.3) is 0 Å². The molecule has 9 heteroatoms. The number of non-ortho nitro benzene ring substituents is 1. The van der Waals surface area contributed by atoms with Crippen molar-refractivity contribution in [2.24, 2.45) is 5.92 Å². The predicted octanol–water partition coefficient (Wildman–Crippen LogP) is 3.06. The average molecular weight is 395 g/mol. The lowest BCUT2D eigenvalue weighted by molar-refractivity contribution is -0.384. The number of benzene rings is 1. The van der Waals surface area contributed by atoms with Crippen molar-refractivity contribution < 1.29 is 19.2 Å². The molecule has 2 rings (SSSR count). The summed E-state index contributed by atoms with van der Waals surface area (Å²) in [6, 6.07) is 6.18. The second-order valence-corrected chi connectivity index (χ2v) is 8.02. The van der Waals surface area contributed by atoms with Crippen LogP contribution in [0.2, 0.25) is 0 Å². The summed E-state index contributed by atoms with van der Waals surface area (Å²) in [4.78, 5) is 36.7. The maximum absolute atomic E-state index is 12.5. The number of carbonyl (C=O) groups excluding carboxylic acids is 2. The molecule has 0 radical (unpaired) electrons. The van der Waals surface area contributed by atoms with E-state index in [4.69, 9.17) is 4.74 Å². The summed E-state index contributed by atoms with van der Waals surface area (Å²) < 4.78 is 4.74. The lowest BCUT2D eigenvalue weighted by atomic mass is 9.90. The molecule has 0 saturated carbocycles. The predicted molar refractivity (Wildman–Crippen MR) is 103 cm³/mol. The number of nitro benzene ring substituents is 1. The maximum atomic E-state index is 12.5. The van der Waals surface area contributed by atoms with E-state index in [2.05, 4.69) is 5.32 Å². The minimum atomic E-state index is -0.447. The van der Waals surface area contributed by atoms with Gasteiger partial charge in [0.15, 0.2) is 0 Å². The van der Waals surface area contributed by atoms with Crippen molar-refractivity contribution >= 4 is 29.4 Å². The quantitative estimate of drug-likeness (QED) is 0.451. The highest BCUT2D eigenvalue weighted by Crippen LogP contribution is 2.26. The Bertz CT molecular complexity index is 674. The molecule has 2 amide bonds. The van der Waals surface area contributed by atoms with Gasteiger partial charge in [0.05, 0.1) is 17.3 Å². The molecule has 0 unspecified atom stereocenters. The largest absolute Gasteiger partial charge is 0.453 e. The third kappa shape index (κ3) is 5.85. The standard InChI is InChI=1S/C18H25N3O5S/c1-12(14-8-10-20(11-9-14)18(23)26-3)19-17(22)13(2)27-16-6-4-15(5-7-16)21(24)25/h4-7,12-14H,8-11H2,1-3H3,(H,19,22)/t12-,13+/m1/s1. The zero-order valence-corrected chi connectivity index (χ0v) is 16.5. The van der Waals surface area contributed by atoms with E-state index >= 15 is 0 Å². The van der Waals surface area contributed by atoms with Crippen LogP contribution in [0.15, 0.2) is 29.2 Å². The molecule has 1 N–H and O–H groups in total. The number of amides is 2. The van der Waals surface area contributed by atoms with Crippen LogP contribution >= 0.6 is 11.8 Å². The van der Waals surface area contributed by atoms with E-state index in [1.807, 2.05) is 13.8 Å². The highest BCUT2D eigenvalue weighted by molar-refractivity contribution is 8.00. The van der Waals surface area contributed by atoms with Crippen LogP contribution in [-0.4, -0.2) is 53.3 Å². The minimum absolute atomic E-state index is 0.0113. The normalized spacial score (nSPS) is 17.1. The van der Waals surface area contributed by atoms with Gasteiger partial charge >= 0.3 is 6.09 Å². The van der Waals surface area contributed by atoms with Crippen molar-refractivity contribution in [3.8, 4) is 0 Å². The third-order valence-corrected chi connectivity index (χ3v) is 5.89. The van der Waals surface area contributed by atoms with Crippen LogP contribution in [0.4, 0.5) is 10.5 Å². The van der Waals surface area contributed by atoms with E-state index in [1.165, 1.54) is 31.0 Å². The van der Waals surface area contributed by atoms with Crippen molar-refractivity contribution in [2.45, 2.75) is 42.9 Å². The molecule has 27 heavy (non-hydrogen) atoms. The van der Waals surface area contributed by atoms with Crippen LogP contribution in [-0.2, 0) is 9.53 Å². The smallest absolute Gasteiger partial charge is 0.409 e. The number of ether oxygens (including phenoxy) is 1. The van der Waals surface area contributed by atoms with Crippen molar-refractivity contribution in [3.05, 3.63) is 34.4 Å². The van der Waals surface area contributed by atoms with Gasteiger partial charge in [-0.1, -0.05) is 0 Å². The highest BCUT2D eigenvalue weighted by Gasteiger charge is 2.28. The fraction of sp³-hybridized carbons (Fsp3) is 0.556. The van der Waals surface area contributed by atoms with Crippen molar-refractivity contribution in [1.82, 2.24) is 10.2 Å². The minimum Gasteiger partial charge on any atom is -0.453 e. The molecule has 148 valence electrons. The number of piperidine rings is 1.